The molecule has 0 unspecified atom stereocenters. The molecule has 1 atom stereocenters. The summed E-state index contributed by atoms with van der Waals surface area (Å²) in [7, 11) is -3.43. The predicted molar refractivity (Wildman–Crippen MR) is 106 cm³/mol. The molecule has 1 amide bonds. The largest absolute Gasteiger partial charge is 0.325 e. The number of hydrogen-bond donors (Lipinski definition) is 2. The third-order valence-electron chi connectivity index (χ3n) is 5.83. The van der Waals surface area contributed by atoms with E-state index in [0.29, 0.717) is 23.7 Å². The van der Waals surface area contributed by atoms with Crippen molar-refractivity contribution in [2.45, 2.75) is 62.8 Å². The first kappa shape index (κ1) is 20.3. The first-order chi connectivity index (χ1) is 13.0. The summed E-state index contributed by atoms with van der Waals surface area (Å²) >= 11 is 0. The van der Waals surface area contributed by atoms with Gasteiger partial charge in [0.15, 0.2) is 6.04 Å². The average Bonchev–Trinajstić information content (AvgIpc) is 2.98. The Kier molecular flexibility index (Phi) is 6.89. The molecule has 7 heteroatoms. The van der Waals surface area contributed by atoms with Gasteiger partial charge in [0.05, 0.1) is 18.0 Å². The molecule has 1 aromatic carbocycles. The van der Waals surface area contributed by atoms with Gasteiger partial charge in [-0.15, -0.1) is 0 Å². The zero-order chi connectivity index (χ0) is 19.3. The minimum atomic E-state index is -3.43. The molecule has 0 aliphatic carbocycles. The molecule has 27 heavy (non-hydrogen) atoms. The number of carbonyl (C=O) groups excluding carboxylic acids is 1. The van der Waals surface area contributed by atoms with Gasteiger partial charge in [-0.25, -0.2) is 8.42 Å². The molecule has 0 bridgehead atoms. The number of nitrogens with one attached hydrogen (secondary N) is 2. The van der Waals surface area contributed by atoms with Gasteiger partial charge in [-0.05, 0) is 69.7 Å². The molecular weight excluding hydrogens is 362 g/mol. The number of likely N-dealkylation sites (tertiary alicyclic amines) is 1. The van der Waals surface area contributed by atoms with Gasteiger partial charge in [0.1, 0.15) is 0 Å². The second-order valence-electron chi connectivity index (χ2n) is 7.77. The molecule has 0 aromatic heterocycles. The number of sulfonamides is 1. The van der Waals surface area contributed by atoms with Crippen LogP contribution in [-0.4, -0.2) is 50.9 Å². The van der Waals surface area contributed by atoms with Crippen molar-refractivity contribution in [2.75, 3.05) is 31.5 Å². The van der Waals surface area contributed by atoms with Crippen molar-refractivity contribution in [3.8, 4) is 0 Å². The van der Waals surface area contributed by atoms with E-state index in [1.54, 1.807) is 28.6 Å². The Bertz CT molecular complexity index is 719. The lowest BCUT2D eigenvalue weighted by Gasteiger charge is -2.26. The smallest absolute Gasteiger partial charge is 0.282 e. The van der Waals surface area contributed by atoms with Crippen LogP contribution in [-0.2, 0) is 14.8 Å². The van der Waals surface area contributed by atoms with Crippen LogP contribution < -0.4 is 10.2 Å². The van der Waals surface area contributed by atoms with Crippen molar-refractivity contribution < 1.29 is 18.1 Å². The molecular formula is C20H32N3O3S+. The summed E-state index contributed by atoms with van der Waals surface area (Å²) in [6.45, 7) is 5.25. The second kappa shape index (κ2) is 9.17. The maximum absolute atomic E-state index is 12.7. The fourth-order valence-electron chi connectivity index (χ4n) is 4.02. The van der Waals surface area contributed by atoms with Gasteiger partial charge >= 0.3 is 0 Å². The molecule has 2 N–H and O–H groups in total. The highest BCUT2D eigenvalue weighted by atomic mass is 32.2. The third kappa shape index (κ3) is 5.09. The molecule has 0 radical (unpaired) electrons. The number of carbonyl (C=O) groups is 1. The molecule has 2 fully saturated rings. The Morgan fingerprint density at radius 3 is 2.11 bits per heavy atom. The molecule has 2 aliphatic heterocycles. The highest BCUT2D eigenvalue weighted by Crippen LogP contribution is 2.22. The minimum absolute atomic E-state index is 0.00135. The minimum Gasteiger partial charge on any atom is -0.325 e. The fraction of sp³-hybridized carbons (Fsp3) is 0.650. The van der Waals surface area contributed by atoms with Crippen LogP contribution >= 0.6 is 0 Å². The number of nitrogens with zero attached hydrogens (tertiary/aromatic N) is 1. The summed E-state index contributed by atoms with van der Waals surface area (Å²) < 4.78 is 27.0. The lowest BCUT2D eigenvalue weighted by Crippen LogP contribution is -3.16. The summed E-state index contributed by atoms with van der Waals surface area (Å²) in [5, 5.41) is 2.95. The highest BCUT2D eigenvalue weighted by molar-refractivity contribution is 7.89. The number of piperidine rings is 1. The van der Waals surface area contributed by atoms with Crippen molar-refractivity contribution in [1.29, 1.82) is 0 Å². The van der Waals surface area contributed by atoms with E-state index in [-0.39, 0.29) is 11.9 Å². The highest BCUT2D eigenvalue weighted by Gasteiger charge is 2.27. The number of amides is 1. The van der Waals surface area contributed by atoms with Crippen molar-refractivity contribution in [2.24, 2.45) is 0 Å². The molecule has 150 valence electrons. The average molecular weight is 395 g/mol. The molecule has 2 aliphatic rings. The molecule has 1 aromatic rings. The Morgan fingerprint density at radius 1 is 0.963 bits per heavy atom. The lowest BCUT2D eigenvalue weighted by atomic mass is 10.2. The van der Waals surface area contributed by atoms with Crippen LogP contribution in [0, 0.1) is 0 Å². The van der Waals surface area contributed by atoms with Gasteiger partial charge in [0.2, 0.25) is 10.0 Å². The fourth-order valence-corrected chi connectivity index (χ4v) is 5.53. The monoisotopic (exact) mass is 394 g/mol. The molecule has 0 saturated carbocycles. The van der Waals surface area contributed by atoms with E-state index in [1.807, 2.05) is 6.92 Å². The Balaban J connectivity index is 1.62. The normalized spacial score (nSPS) is 21.4. The molecule has 3 rings (SSSR count). The topological polar surface area (TPSA) is 70.9 Å². The summed E-state index contributed by atoms with van der Waals surface area (Å²) in [5.41, 5.74) is 0.652. The first-order valence-corrected chi connectivity index (χ1v) is 11.7. The van der Waals surface area contributed by atoms with Crippen LogP contribution in [0.5, 0.6) is 0 Å². The van der Waals surface area contributed by atoms with Gasteiger partial charge in [-0.3, -0.25) is 4.79 Å². The zero-order valence-corrected chi connectivity index (χ0v) is 17.1. The lowest BCUT2D eigenvalue weighted by molar-refractivity contribution is -0.913. The second-order valence-corrected chi connectivity index (χ2v) is 9.71. The van der Waals surface area contributed by atoms with E-state index < -0.39 is 10.0 Å². The van der Waals surface area contributed by atoms with Gasteiger partial charge in [-0.2, -0.15) is 4.31 Å². The maximum atomic E-state index is 12.7. The quantitative estimate of drug-likeness (QED) is 0.798. The van der Waals surface area contributed by atoms with Gasteiger partial charge in [0, 0.05) is 18.8 Å². The van der Waals surface area contributed by atoms with Crippen molar-refractivity contribution >= 4 is 21.6 Å². The summed E-state index contributed by atoms with van der Waals surface area (Å²) in [6, 6.07) is 6.49. The van der Waals surface area contributed by atoms with Crippen molar-refractivity contribution in [3.05, 3.63) is 24.3 Å². The van der Waals surface area contributed by atoms with Crippen molar-refractivity contribution in [3.63, 3.8) is 0 Å². The first-order valence-electron chi connectivity index (χ1n) is 10.2. The van der Waals surface area contributed by atoms with E-state index in [9.17, 15) is 13.2 Å². The standard InChI is InChI=1S/C20H31N3O3S/c1-17(22-13-5-2-3-6-14-22)20(24)21-18-9-11-19(12-10-18)27(25,26)23-15-7-4-8-16-23/h9-12,17H,2-8,13-16H2,1H3,(H,21,24)/p+1/t17-/m1/s1. The Hall–Kier alpha value is -1.44. The molecule has 0 spiro atoms. The SMILES string of the molecule is C[C@H](C(=O)Nc1ccc(S(=O)(=O)N2CCCCC2)cc1)[NH+]1CCCCCC1. The van der Waals surface area contributed by atoms with Gasteiger partial charge in [-0.1, -0.05) is 6.42 Å². The van der Waals surface area contributed by atoms with Crippen molar-refractivity contribution in [1.82, 2.24) is 4.31 Å². The van der Waals surface area contributed by atoms with Crippen LogP contribution in [0.1, 0.15) is 51.9 Å². The zero-order valence-electron chi connectivity index (χ0n) is 16.2. The number of rotatable bonds is 5. The summed E-state index contributed by atoms with van der Waals surface area (Å²) in [5.74, 6) is -0.00135. The van der Waals surface area contributed by atoms with Gasteiger partial charge in [0.25, 0.3) is 5.91 Å². The van der Waals surface area contributed by atoms with Gasteiger partial charge < -0.3 is 10.2 Å². The van der Waals surface area contributed by atoms with E-state index in [2.05, 4.69) is 5.32 Å². The molecule has 2 saturated heterocycles. The van der Waals surface area contributed by atoms with Crippen LogP contribution in [0.4, 0.5) is 5.69 Å². The predicted octanol–water partition coefficient (Wildman–Crippen LogP) is 1.65. The van der Waals surface area contributed by atoms with E-state index >= 15 is 0 Å². The van der Waals surface area contributed by atoms with Crippen LogP contribution in [0.2, 0.25) is 0 Å². The number of benzene rings is 1. The summed E-state index contributed by atoms with van der Waals surface area (Å²) in [6.07, 6.45) is 7.80. The molecule has 6 nitrogen and oxygen atoms in total. The van der Waals surface area contributed by atoms with Crippen LogP contribution in [0.15, 0.2) is 29.2 Å². The van der Waals surface area contributed by atoms with E-state index in [4.69, 9.17) is 0 Å². The number of hydrogen-bond acceptors (Lipinski definition) is 3. The van der Waals surface area contributed by atoms with Crippen LogP contribution in [0.3, 0.4) is 0 Å². The van der Waals surface area contributed by atoms with E-state index in [1.165, 1.54) is 30.6 Å². The third-order valence-corrected chi connectivity index (χ3v) is 7.74. The molecule has 2 heterocycles. The summed E-state index contributed by atoms with van der Waals surface area (Å²) in [4.78, 5) is 14.2. The number of anilines is 1. The Morgan fingerprint density at radius 2 is 1.52 bits per heavy atom. The van der Waals surface area contributed by atoms with Crippen LogP contribution in [0.25, 0.3) is 0 Å². The van der Waals surface area contributed by atoms with E-state index in [0.717, 1.165) is 32.4 Å². The Labute approximate surface area is 163 Å². The number of quaternary nitrogens is 1. The maximum Gasteiger partial charge on any atom is 0.282 e.